The largest absolute Gasteiger partial charge is 0.494 e. The van der Waals surface area contributed by atoms with Crippen LogP contribution in [-0.2, 0) is 6.18 Å². The van der Waals surface area contributed by atoms with Gasteiger partial charge >= 0.3 is 6.18 Å². The molecule has 0 spiro atoms. The van der Waals surface area contributed by atoms with Crippen molar-refractivity contribution in [2.75, 3.05) is 12.4 Å². The van der Waals surface area contributed by atoms with Crippen molar-refractivity contribution in [3.05, 3.63) is 53.2 Å². The van der Waals surface area contributed by atoms with Crippen LogP contribution in [0.4, 0.5) is 24.7 Å². The normalized spacial score (nSPS) is 11.4. The lowest BCUT2D eigenvalue weighted by Gasteiger charge is -2.16. The highest BCUT2D eigenvalue weighted by Crippen LogP contribution is 2.42. The molecule has 0 aliphatic carbocycles. The molecule has 0 unspecified atom stereocenters. The minimum absolute atomic E-state index is 0.0216. The maximum absolute atomic E-state index is 12.8. The van der Waals surface area contributed by atoms with Crippen LogP contribution in [0.15, 0.2) is 42.6 Å². The molecule has 0 aliphatic rings. The molecule has 0 amide bonds. The number of nitrogens with zero attached hydrogens (tertiary/aromatic N) is 2. The number of methoxy groups -OCH3 is 1. The van der Waals surface area contributed by atoms with Gasteiger partial charge in [-0.25, -0.2) is 0 Å². The molecule has 2 N–H and O–H groups in total. The van der Waals surface area contributed by atoms with Gasteiger partial charge in [-0.2, -0.15) is 23.5 Å². The lowest BCUT2D eigenvalue weighted by Crippen LogP contribution is -2.04. The fraction of sp³-hybridized carbons (Fsp3) is 0.125. The fourth-order valence-corrected chi connectivity index (χ4v) is 2.66. The lowest BCUT2D eigenvalue weighted by atomic mass is 10.0. The molecule has 0 aliphatic heterocycles. The first-order valence-corrected chi connectivity index (χ1v) is 7.45. The number of alkyl halides is 3. The molecule has 5 nitrogen and oxygen atoms in total. The Morgan fingerprint density at radius 2 is 1.96 bits per heavy atom. The highest BCUT2D eigenvalue weighted by atomic mass is 35.5. The summed E-state index contributed by atoms with van der Waals surface area (Å²) in [5, 5.41) is 13.1. The molecule has 2 aromatic carbocycles. The Balaban J connectivity index is 2.05. The number of para-hydroxylation sites is 1. The Kier molecular flexibility index (Phi) is 4.54. The number of H-pyrrole nitrogens is 1. The first kappa shape index (κ1) is 17.1. The van der Waals surface area contributed by atoms with E-state index in [0.29, 0.717) is 28.4 Å². The van der Waals surface area contributed by atoms with E-state index in [4.69, 9.17) is 16.3 Å². The Labute approximate surface area is 145 Å². The van der Waals surface area contributed by atoms with Crippen LogP contribution in [0.2, 0.25) is 5.02 Å². The zero-order valence-electron chi connectivity index (χ0n) is 12.9. The van der Waals surface area contributed by atoms with Gasteiger partial charge in [-0.3, -0.25) is 0 Å². The second kappa shape index (κ2) is 6.64. The van der Waals surface area contributed by atoms with Crippen molar-refractivity contribution >= 4 is 23.1 Å². The number of benzene rings is 2. The van der Waals surface area contributed by atoms with Gasteiger partial charge in [0.15, 0.2) is 5.82 Å². The molecular weight excluding hydrogens is 357 g/mol. The molecule has 0 bridgehead atoms. The molecule has 0 radical (unpaired) electrons. The maximum atomic E-state index is 12.8. The number of ether oxygens (including phenoxy) is 1. The summed E-state index contributed by atoms with van der Waals surface area (Å²) in [6, 6.07) is 8.39. The predicted octanol–water partition coefficient (Wildman–Crippen LogP) is 4.90. The minimum Gasteiger partial charge on any atom is -0.494 e. The summed E-state index contributed by atoms with van der Waals surface area (Å²) in [5.74, 6) is 0.890. The first-order chi connectivity index (χ1) is 11.9. The van der Waals surface area contributed by atoms with Crippen LogP contribution in [0.1, 0.15) is 5.56 Å². The van der Waals surface area contributed by atoms with Crippen molar-refractivity contribution in [3.8, 4) is 16.9 Å². The fourth-order valence-electron chi connectivity index (χ4n) is 2.38. The van der Waals surface area contributed by atoms with E-state index in [2.05, 4.69) is 20.7 Å². The second-order valence-corrected chi connectivity index (χ2v) is 5.47. The Morgan fingerprint density at radius 3 is 2.56 bits per heavy atom. The molecule has 3 rings (SSSR count). The van der Waals surface area contributed by atoms with E-state index >= 15 is 0 Å². The van der Waals surface area contributed by atoms with E-state index in [1.165, 1.54) is 19.4 Å². The maximum Gasteiger partial charge on any atom is 0.416 e. The lowest BCUT2D eigenvalue weighted by molar-refractivity contribution is -0.137. The van der Waals surface area contributed by atoms with Crippen molar-refractivity contribution in [3.63, 3.8) is 0 Å². The molecule has 0 saturated carbocycles. The topological polar surface area (TPSA) is 62.8 Å². The average molecular weight is 369 g/mol. The monoisotopic (exact) mass is 368 g/mol. The number of hydrogen-bond donors (Lipinski definition) is 2. The number of aromatic nitrogens is 3. The van der Waals surface area contributed by atoms with E-state index in [1.807, 2.05) is 0 Å². The van der Waals surface area contributed by atoms with Crippen LogP contribution < -0.4 is 10.1 Å². The van der Waals surface area contributed by atoms with Crippen molar-refractivity contribution in [1.82, 2.24) is 15.4 Å². The summed E-state index contributed by atoms with van der Waals surface area (Å²) in [7, 11) is 1.46. The Bertz CT molecular complexity index is 882. The molecule has 0 fully saturated rings. The van der Waals surface area contributed by atoms with Gasteiger partial charge in [0, 0.05) is 16.1 Å². The van der Waals surface area contributed by atoms with Gasteiger partial charge in [-0.05, 0) is 18.2 Å². The average Bonchev–Trinajstić information content (AvgIpc) is 3.07. The predicted molar refractivity (Wildman–Crippen MR) is 88.1 cm³/mol. The molecule has 25 heavy (non-hydrogen) atoms. The second-order valence-electron chi connectivity index (χ2n) is 5.06. The van der Waals surface area contributed by atoms with Crippen LogP contribution in [0.5, 0.6) is 5.75 Å². The number of halogens is 4. The molecular formula is C16H12ClF3N4O. The molecule has 3 aromatic rings. The summed E-state index contributed by atoms with van der Waals surface area (Å²) in [5.41, 5.74) is 0.743. The van der Waals surface area contributed by atoms with Gasteiger partial charge in [-0.1, -0.05) is 29.8 Å². The van der Waals surface area contributed by atoms with Crippen molar-refractivity contribution in [2.24, 2.45) is 0 Å². The molecule has 1 heterocycles. The number of nitrogens with one attached hydrogen (secondary N) is 2. The van der Waals surface area contributed by atoms with Crippen LogP contribution in [0.3, 0.4) is 0 Å². The van der Waals surface area contributed by atoms with Gasteiger partial charge in [0.1, 0.15) is 5.75 Å². The molecule has 0 saturated heterocycles. The van der Waals surface area contributed by atoms with E-state index in [0.717, 1.165) is 12.1 Å². The van der Waals surface area contributed by atoms with E-state index in [1.54, 1.807) is 18.2 Å². The minimum atomic E-state index is -4.46. The SMILES string of the molecule is COc1c(Nc2cn[nH]n2)cccc1-c1ccc(C(F)(F)F)cc1Cl. The van der Waals surface area contributed by atoms with Crippen LogP contribution in [0, 0.1) is 0 Å². The van der Waals surface area contributed by atoms with E-state index < -0.39 is 11.7 Å². The first-order valence-electron chi connectivity index (χ1n) is 7.07. The summed E-state index contributed by atoms with van der Waals surface area (Å²) in [6.07, 6.45) is -2.97. The highest BCUT2D eigenvalue weighted by molar-refractivity contribution is 6.33. The van der Waals surface area contributed by atoms with Crippen molar-refractivity contribution < 1.29 is 17.9 Å². The molecule has 1 aromatic heterocycles. The number of rotatable bonds is 4. The van der Waals surface area contributed by atoms with E-state index in [-0.39, 0.29) is 5.02 Å². The van der Waals surface area contributed by atoms with Gasteiger partial charge in [0.05, 0.1) is 24.6 Å². The summed E-state index contributed by atoms with van der Waals surface area (Å²) >= 11 is 6.09. The molecule has 9 heteroatoms. The van der Waals surface area contributed by atoms with E-state index in [9.17, 15) is 13.2 Å². The zero-order chi connectivity index (χ0) is 18.0. The zero-order valence-corrected chi connectivity index (χ0v) is 13.6. The third-order valence-corrected chi connectivity index (χ3v) is 3.80. The Hall–Kier alpha value is -2.74. The van der Waals surface area contributed by atoms with Gasteiger partial charge in [0.25, 0.3) is 0 Å². The Morgan fingerprint density at radius 1 is 1.16 bits per heavy atom. The third kappa shape index (κ3) is 3.53. The number of aromatic amines is 1. The number of hydrogen-bond acceptors (Lipinski definition) is 4. The summed E-state index contributed by atoms with van der Waals surface area (Å²) in [4.78, 5) is 0. The molecule has 0 atom stereocenters. The quantitative estimate of drug-likeness (QED) is 0.687. The third-order valence-electron chi connectivity index (χ3n) is 3.48. The van der Waals surface area contributed by atoms with Crippen LogP contribution >= 0.6 is 11.6 Å². The molecule has 130 valence electrons. The number of anilines is 2. The summed E-state index contributed by atoms with van der Waals surface area (Å²) < 4.78 is 43.9. The van der Waals surface area contributed by atoms with Crippen molar-refractivity contribution in [1.29, 1.82) is 0 Å². The van der Waals surface area contributed by atoms with Crippen LogP contribution in [-0.4, -0.2) is 22.5 Å². The van der Waals surface area contributed by atoms with Gasteiger partial charge in [0.2, 0.25) is 0 Å². The smallest absolute Gasteiger partial charge is 0.416 e. The van der Waals surface area contributed by atoms with Gasteiger partial charge in [-0.15, -0.1) is 5.10 Å². The highest BCUT2D eigenvalue weighted by Gasteiger charge is 2.31. The van der Waals surface area contributed by atoms with Crippen LogP contribution in [0.25, 0.3) is 11.1 Å². The van der Waals surface area contributed by atoms with Gasteiger partial charge < -0.3 is 10.1 Å². The summed E-state index contributed by atoms with van der Waals surface area (Å²) in [6.45, 7) is 0. The van der Waals surface area contributed by atoms with Crippen molar-refractivity contribution in [2.45, 2.75) is 6.18 Å². The standard InChI is InChI=1S/C16H12ClF3N4O/c1-25-15-11(3-2-4-13(15)22-14-8-21-24-23-14)10-6-5-9(7-12(10)17)16(18,19)20/h2-8H,1H3,(H2,21,22,23,24).